The van der Waals surface area contributed by atoms with E-state index in [4.69, 9.17) is 5.73 Å². The molecule has 0 spiro atoms. The van der Waals surface area contributed by atoms with E-state index in [1.54, 1.807) is 0 Å². The highest BCUT2D eigenvalue weighted by Gasteiger charge is 2.31. The van der Waals surface area contributed by atoms with Crippen LogP contribution in [0.15, 0.2) is 53.4 Å². The van der Waals surface area contributed by atoms with Gasteiger partial charge in [0.2, 0.25) is 0 Å². The number of para-hydroxylation sites is 1. The Morgan fingerprint density at radius 3 is 2.30 bits per heavy atom. The number of hydrogen-bond donors (Lipinski definition) is 2. The van der Waals surface area contributed by atoms with Crippen LogP contribution in [0.3, 0.4) is 0 Å². The number of carbonyl (C=O) groups is 1. The number of hydrogen-bond acceptors (Lipinski definition) is 3. The van der Waals surface area contributed by atoms with Gasteiger partial charge in [0.1, 0.15) is 0 Å². The summed E-state index contributed by atoms with van der Waals surface area (Å²) >= 11 is 0. The topological polar surface area (TPSA) is 89.3 Å². The van der Waals surface area contributed by atoms with Crippen molar-refractivity contribution >= 4 is 21.6 Å². The Hall–Kier alpha value is -2.55. The van der Waals surface area contributed by atoms with Crippen LogP contribution in [0.25, 0.3) is 0 Å². The summed E-state index contributed by atoms with van der Waals surface area (Å²) in [5.74, 6) is -0.868. The second kappa shape index (κ2) is 5.92. The average molecular weight is 344 g/mol. The maximum atomic E-state index is 12.7. The molecule has 0 heterocycles. The van der Waals surface area contributed by atoms with Crippen molar-refractivity contribution in [1.29, 1.82) is 0 Å². The molecular formula is C14H11F3N2O3S. The van der Waals surface area contributed by atoms with E-state index in [1.165, 1.54) is 24.3 Å². The fourth-order valence-corrected chi connectivity index (χ4v) is 2.96. The van der Waals surface area contributed by atoms with Gasteiger partial charge in [0.15, 0.2) is 0 Å². The summed E-state index contributed by atoms with van der Waals surface area (Å²) < 4.78 is 64.5. The normalized spacial score (nSPS) is 12.0. The SMILES string of the molecule is NC(=O)c1ccccc1NS(=O)(=O)c1cccc(C(F)(F)F)c1. The minimum atomic E-state index is -4.67. The number of benzene rings is 2. The second-order valence-electron chi connectivity index (χ2n) is 4.54. The third kappa shape index (κ3) is 3.81. The maximum absolute atomic E-state index is 12.7. The molecule has 0 aliphatic carbocycles. The minimum Gasteiger partial charge on any atom is -0.366 e. The number of amides is 1. The molecule has 0 aliphatic heterocycles. The molecule has 2 rings (SSSR count). The summed E-state index contributed by atoms with van der Waals surface area (Å²) in [5, 5.41) is 0. The molecule has 0 radical (unpaired) electrons. The van der Waals surface area contributed by atoms with Crippen molar-refractivity contribution in [3.05, 3.63) is 59.7 Å². The lowest BCUT2D eigenvalue weighted by molar-refractivity contribution is -0.137. The van der Waals surface area contributed by atoms with E-state index in [1.807, 2.05) is 0 Å². The van der Waals surface area contributed by atoms with Crippen molar-refractivity contribution in [1.82, 2.24) is 0 Å². The van der Waals surface area contributed by atoms with E-state index < -0.39 is 32.6 Å². The van der Waals surface area contributed by atoms with E-state index in [9.17, 15) is 26.4 Å². The number of rotatable bonds is 4. The van der Waals surface area contributed by atoms with Gasteiger partial charge in [-0.05, 0) is 30.3 Å². The first-order valence-corrected chi connectivity index (χ1v) is 7.68. The third-order valence-electron chi connectivity index (χ3n) is 2.91. The van der Waals surface area contributed by atoms with Gasteiger partial charge >= 0.3 is 6.18 Å². The van der Waals surface area contributed by atoms with Crippen LogP contribution in [0.2, 0.25) is 0 Å². The molecule has 2 aromatic carbocycles. The van der Waals surface area contributed by atoms with Gasteiger partial charge in [-0.15, -0.1) is 0 Å². The monoisotopic (exact) mass is 344 g/mol. The number of alkyl halides is 3. The molecule has 0 fully saturated rings. The Morgan fingerprint density at radius 2 is 1.70 bits per heavy atom. The lowest BCUT2D eigenvalue weighted by atomic mass is 10.2. The summed E-state index contributed by atoms with van der Waals surface area (Å²) in [6.45, 7) is 0. The van der Waals surface area contributed by atoms with Crippen molar-refractivity contribution in [2.24, 2.45) is 5.73 Å². The largest absolute Gasteiger partial charge is 0.416 e. The van der Waals surface area contributed by atoms with Gasteiger partial charge in [-0.3, -0.25) is 9.52 Å². The van der Waals surface area contributed by atoms with Crippen LogP contribution < -0.4 is 10.5 Å². The van der Waals surface area contributed by atoms with Crippen molar-refractivity contribution < 1.29 is 26.4 Å². The molecule has 0 aromatic heterocycles. The molecule has 3 N–H and O–H groups in total. The first-order valence-electron chi connectivity index (χ1n) is 6.20. The molecule has 0 saturated heterocycles. The molecule has 23 heavy (non-hydrogen) atoms. The Labute approximate surface area is 130 Å². The van der Waals surface area contributed by atoms with Crippen LogP contribution in [0.4, 0.5) is 18.9 Å². The highest BCUT2D eigenvalue weighted by Crippen LogP contribution is 2.31. The highest BCUT2D eigenvalue weighted by atomic mass is 32.2. The lowest BCUT2D eigenvalue weighted by Crippen LogP contribution is -2.19. The molecule has 122 valence electrons. The van der Waals surface area contributed by atoms with E-state index >= 15 is 0 Å². The van der Waals surface area contributed by atoms with E-state index in [0.29, 0.717) is 6.07 Å². The molecule has 2 aromatic rings. The average Bonchev–Trinajstić information content (AvgIpc) is 2.46. The lowest BCUT2D eigenvalue weighted by Gasteiger charge is -2.12. The molecule has 0 bridgehead atoms. The zero-order valence-corrected chi connectivity index (χ0v) is 12.3. The van der Waals surface area contributed by atoms with Crippen LogP contribution in [0.1, 0.15) is 15.9 Å². The van der Waals surface area contributed by atoms with Gasteiger partial charge in [0.25, 0.3) is 15.9 Å². The van der Waals surface area contributed by atoms with Crippen molar-refractivity contribution in [3.63, 3.8) is 0 Å². The summed E-state index contributed by atoms with van der Waals surface area (Å²) in [6.07, 6.45) is -4.67. The van der Waals surface area contributed by atoms with E-state index in [0.717, 1.165) is 18.2 Å². The van der Waals surface area contributed by atoms with Crippen LogP contribution in [0.5, 0.6) is 0 Å². The van der Waals surface area contributed by atoms with Gasteiger partial charge in [-0.2, -0.15) is 13.2 Å². The van der Waals surface area contributed by atoms with Crippen molar-refractivity contribution in [3.8, 4) is 0 Å². The summed E-state index contributed by atoms with van der Waals surface area (Å²) in [6, 6.07) is 8.78. The number of anilines is 1. The molecule has 0 atom stereocenters. The van der Waals surface area contributed by atoms with Crippen LogP contribution >= 0.6 is 0 Å². The predicted octanol–water partition coefficient (Wildman–Crippen LogP) is 2.61. The quantitative estimate of drug-likeness (QED) is 0.893. The number of primary amides is 1. The van der Waals surface area contributed by atoms with Crippen LogP contribution in [0, 0.1) is 0 Å². The Balaban J connectivity index is 2.43. The zero-order valence-electron chi connectivity index (χ0n) is 11.5. The highest BCUT2D eigenvalue weighted by molar-refractivity contribution is 7.92. The van der Waals surface area contributed by atoms with Crippen molar-refractivity contribution in [2.45, 2.75) is 11.1 Å². The van der Waals surface area contributed by atoms with Gasteiger partial charge < -0.3 is 5.73 Å². The first kappa shape index (κ1) is 16.8. The van der Waals surface area contributed by atoms with Gasteiger partial charge in [-0.25, -0.2) is 8.42 Å². The molecule has 9 heteroatoms. The fraction of sp³-hybridized carbons (Fsp3) is 0.0714. The van der Waals surface area contributed by atoms with Crippen molar-refractivity contribution in [2.75, 3.05) is 4.72 Å². The molecule has 0 aliphatic rings. The number of carbonyl (C=O) groups excluding carboxylic acids is 1. The molecule has 0 unspecified atom stereocenters. The summed E-state index contributed by atoms with van der Waals surface area (Å²) in [4.78, 5) is 10.7. The summed E-state index contributed by atoms with van der Waals surface area (Å²) in [5.41, 5.74) is 3.83. The number of nitrogens with two attached hydrogens (primary N) is 1. The molecular weight excluding hydrogens is 333 g/mol. The molecule has 5 nitrogen and oxygen atoms in total. The van der Waals surface area contributed by atoms with Gasteiger partial charge in [-0.1, -0.05) is 18.2 Å². The smallest absolute Gasteiger partial charge is 0.366 e. The fourth-order valence-electron chi connectivity index (χ4n) is 1.83. The second-order valence-corrected chi connectivity index (χ2v) is 6.22. The first-order chi connectivity index (χ1) is 10.6. The van der Waals surface area contributed by atoms with Gasteiger partial charge in [0, 0.05) is 0 Å². The maximum Gasteiger partial charge on any atom is 0.416 e. The molecule has 1 amide bonds. The summed E-state index contributed by atoms with van der Waals surface area (Å²) in [7, 11) is -4.31. The minimum absolute atomic E-state index is 0.0944. The predicted molar refractivity (Wildman–Crippen MR) is 77.2 cm³/mol. The number of nitrogens with one attached hydrogen (secondary N) is 1. The Kier molecular flexibility index (Phi) is 4.33. The number of halogens is 3. The van der Waals surface area contributed by atoms with E-state index in [-0.39, 0.29) is 11.3 Å². The van der Waals surface area contributed by atoms with Crippen LogP contribution in [-0.4, -0.2) is 14.3 Å². The number of sulfonamides is 1. The Bertz CT molecular complexity index is 848. The molecule has 0 saturated carbocycles. The Morgan fingerprint density at radius 1 is 1.04 bits per heavy atom. The standard InChI is InChI=1S/C14H11F3N2O3S/c15-14(16,17)9-4-3-5-10(8-9)23(21,22)19-12-7-2-1-6-11(12)13(18)20/h1-8,19H,(H2,18,20). The van der Waals surface area contributed by atoms with Gasteiger partial charge in [0.05, 0.1) is 21.7 Å². The van der Waals surface area contributed by atoms with E-state index in [2.05, 4.69) is 4.72 Å². The van der Waals surface area contributed by atoms with Crippen LogP contribution in [-0.2, 0) is 16.2 Å². The zero-order chi connectivity index (χ0) is 17.3. The third-order valence-corrected chi connectivity index (χ3v) is 4.27.